The first-order chi connectivity index (χ1) is 9.94. The highest BCUT2D eigenvalue weighted by molar-refractivity contribution is 7.10. The zero-order valence-corrected chi connectivity index (χ0v) is 12.1. The fourth-order valence-corrected chi connectivity index (χ4v) is 2.75. The molecular weight excluding hydrogens is 301 g/mol. The number of aromatic nitrogens is 1. The standard InChI is InChI=1S/C13H15F3N4S/c1-2-9(10-4-3-5-21-10)18-11-6-8(13(14,15)16)7-12(19-11)20-17/h3-7,9H,2,17H2,1H3,(H2,18,19,20). The van der Waals surface area contributed by atoms with Gasteiger partial charge in [-0.25, -0.2) is 10.8 Å². The molecule has 0 aliphatic heterocycles. The molecule has 1 unspecified atom stereocenters. The molecule has 4 N–H and O–H groups in total. The van der Waals surface area contributed by atoms with E-state index in [-0.39, 0.29) is 17.7 Å². The van der Waals surface area contributed by atoms with E-state index in [1.54, 1.807) is 11.3 Å². The molecule has 0 amide bonds. The molecule has 0 aromatic carbocycles. The fourth-order valence-electron chi connectivity index (χ4n) is 1.88. The summed E-state index contributed by atoms with van der Waals surface area (Å²) in [6.45, 7) is 1.95. The van der Waals surface area contributed by atoms with Crippen LogP contribution in [0.15, 0.2) is 29.6 Å². The third kappa shape index (κ3) is 3.85. The monoisotopic (exact) mass is 316 g/mol. The number of anilines is 2. The largest absolute Gasteiger partial charge is 0.416 e. The number of hydrogen-bond acceptors (Lipinski definition) is 5. The molecule has 2 rings (SSSR count). The summed E-state index contributed by atoms with van der Waals surface area (Å²) >= 11 is 1.54. The smallest absolute Gasteiger partial charge is 0.362 e. The van der Waals surface area contributed by atoms with Gasteiger partial charge >= 0.3 is 6.18 Å². The summed E-state index contributed by atoms with van der Waals surface area (Å²) in [6.07, 6.45) is -3.72. The molecule has 8 heteroatoms. The number of thiophene rings is 1. The number of pyridine rings is 1. The molecule has 0 fully saturated rings. The van der Waals surface area contributed by atoms with Crippen molar-refractivity contribution in [2.45, 2.75) is 25.6 Å². The van der Waals surface area contributed by atoms with Gasteiger partial charge in [-0.15, -0.1) is 11.3 Å². The normalized spacial score (nSPS) is 13.0. The van der Waals surface area contributed by atoms with Crippen LogP contribution in [0, 0.1) is 0 Å². The first-order valence-corrected chi connectivity index (χ1v) is 7.18. The lowest BCUT2D eigenvalue weighted by molar-refractivity contribution is -0.137. The van der Waals surface area contributed by atoms with E-state index in [0.29, 0.717) is 0 Å². The van der Waals surface area contributed by atoms with E-state index in [9.17, 15) is 13.2 Å². The van der Waals surface area contributed by atoms with Crippen LogP contribution in [0.25, 0.3) is 0 Å². The maximum atomic E-state index is 12.9. The Morgan fingerprint density at radius 1 is 1.33 bits per heavy atom. The number of halogens is 3. The molecule has 2 aromatic rings. The maximum absolute atomic E-state index is 12.9. The van der Waals surface area contributed by atoms with Crippen LogP contribution in [0.5, 0.6) is 0 Å². The van der Waals surface area contributed by atoms with Crippen LogP contribution in [0.2, 0.25) is 0 Å². The Morgan fingerprint density at radius 2 is 2.05 bits per heavy atom. The Bertz CT molecular complexity index is 584. The third-order valence-corrected chi connectivity index (χ3v) is 3.90. The van der Waals surface area contributed by atoms with E-state index in [4.69, 9.17) is 5.84 Å². The molecule has 2 aromatic heterocycles. The number of nitrogens with two attached hydrogens (primary N) is 1. The lowest BCUT2D eigenvalue weighted by Crippen LogP contribution is -2.15. The van der Waals surface area contributed by atoms with Gasteiger partial charge in [0.05, 0.1) is 11.6 Å². The molecule has 1 atom stereocenters. The molecule has 21 heavy (non-hydrogen) atoms. The second kappa shape index (κ2) is 6.31. The summed E-state index contributed by atoms with van der Waals surface area (Å²) in [7, 11) is 0. The van der Waals surface area contributed by atoms with Crippen LogP contribution in [0.3, 0.4) is 0 Å². The van der Waals surface area contributed by atoms with E-state index in [0.717, 1.165) is 23.4 Å². The molecule has 0 radical (unpaired) electrons. The molecular formula is C13H15F3N4S. The highest BCUT2D eigenvalue weighted by Crippen LogP contribution is 2.33. The summed E-state index contributed by atoms with van der Waals surface area (Å²) in [6, 6.07) is 5.60. The van der Waals surface area contributed by atoms with E-state index in [1.165, 1.54) is 0 Å². The van der Waals surface area contributed by atoms with E-state index in [2.05, 4.69) is 15.7 Å². The SMILES string of the molecule is CCC(Nc1cc(C(F)(F)F)cc(NN)n1)c1cccs1. The van der Waals surface area contributed by atoms with Gasteiger partial charge < -0.3 is 10.7 Å². The topological polar surface area (TPSA) is 63.0 Å². The highest BCUT2D eigenvalue weighted by atomic mass is 32.1. The van der Waals surface area contributed by atoms with Crippen molar-refractivity contribution in [3.63, 3.8) is 0 Å². The van der Waals surface area contributed by atoms with Crippen LogP contribution >= 0.6 is 11.3 Å². The molecule has 4 nitrogen and oxygen atoms in total. The zero-order valence-electron chi connectivity index (χ0n) is 11.2. The van der Waals surface area contributed by atoms with Crippen molar-refractivity contribution >= 4 is 23.0 Å². The summed E-state index contributed by atoms with van der Waals surface area (Å²) in [4.78, 5) is 5.06. The van der Waals surface area contributed by atoms with Crippen molar-refractivity contribution in [3.8, 4) is 0 Å². The minimum atomic E-state index is -4.45. The Hall–Kier alpha value is -1.80. The van der Waals surface area contributed by atoms with Gasteiger partial charge in [-0.2, -0.15) is 13.2 Å². The Kier molecular flexibility index (Phi) is 4.69. The van der Waals surface area contributed by atoms with E-state index < -0.39 is 11.7 Å². The van der Waals surface area contributed by atoms with Gasteiger partial charge in [-0.1, -0.05) is 13.0 Å². The molecule has 0 saturated heterocycles. The van der Waals surface area contributed by atoms with Gasteiger partial charge in [0.2, 0.25) is 0 Å². The number of alkyl halides is 3. The van der Waals surface area contributed by atoms with Crippen molar-refractivity contribution in [3.05, 3.63) is 40.1 Å². The highest BCUT2D eigenvalue weighted by Gasteiger charge is 2.31. The molecule has 0 bridgehead atoms. The Morgan fingerprint density at radius 3 is 2.57 bits per heavy atom. The average Bonchev–Trinajstić information content (AvgIpc) is 2.97. The predicted molar refractivity (Wildman–Crippen MR) is 78.0 cm³/mol. The minimum absolute atomic E-state index is 0.0339. The van der Waals surface area contributed by atoms with Crippen molar-refractivity contribution in [2.75, 3.05) is 10.7 Å². The Labute approximate surface area is 124 Å². The second-order valence-corrected chi connectivity index (χ2v) is 5.37. The van der Waals surface area contributed by atoms with Gasteiger partial charge in [0, 0.05) is 4.88 Å². The zero-order chi connectivity index (χ0) is 15.5. The summed E-state index contributed by atoms with van der Waals surface area (Å²) in [5, 5.41) is 4.94. The fraction of sp³-hybridized carbons (Fsp3) is 0.308. The summed E-state index contributed by atoms with van der Waals surface area (Å²) < 4.78 is 38.6. The van der Waals surface area contributed by atoms with Crippen LogP contribution in [-0.2, 0) is 6.18 Å². The number of nitrogen functional groups attached to an aromatic ring is 1. The summed E-state index contributed by atoms with van der Waals surface area (Å²) in [5.41, 5.74) is 1.36. The minimum Gasteiger partial charge on any atom is -0.362 e. The lowest BCUT2D eigenvalue weighted by atomic mass is 10.2. The van der Waals surface area contributed by atoms with Crippen molar-refractivity contribution < 1.29 is 13.2 Å². The molecule has 0 saturated carbocycles. The van der Waals surface area contributed by atoms with E-state index >= 15 is 0 Å². The number of nitrogens with zero attached hydrogens (tertiary/aromatic N) is 1. The molecule has 0 aliphatic rings. The lowest BCUT2D eigenvalue weighted by Gasteiger charge is -2.18. The van der Waals surface area contributed by atoms with Crippen molar-refractivity contribution in [1.82, 2.24) is 4.98 Å². The number of rotatable bonds is 5. The van der Waals surface area contributed by atoms with Crippen LogP contribution in [0.4, 0.5) is 24.8 Å². The first kappa shape index (κ1) is 15.6. The van der Waals surface area contributed by atoms with Gasteiger partial charge in [-0.3, -0.25) is 0 Å². The van der Waals surface area contributed by atoms with Crippen LogP contribution in [-0.4, -0.2) is 4.98 Å². The third-order valence-electron chi connectivity index (χ3n) is 2.92. The predicted octanol–water partition coefficient (Wildman–Crippen LogP) is 4.01. The van der Waals surface area contributed by atoms with Crippen LogP contribution in [0.1, 0.15) is 29.8 Å². The Balaban J connectivity index is 2.30. The van der Waals surface area contributed by atoms with Crippen molar-refractivity contribution in [1.29, 1.82) is 0 Å². The van der Waals surface area contributed by atoms with Gasteiger partial charge in [0.15, 0.2) is 0 Å². The van der Waals surface area contributed by atoms with Crippen molar-refractivity contribution in [2.24, 2.45) is 5.84 Å². The van der Waals surface area contributed by atoms with Crippen LogP contribution < -0.4 is 16.6 Å². The molecule has 2 heterocycles. The first-order valence-electron chi connectivity index (χ1n) is 6.30. The second-order valence-electron chi connectivity index (χ2n) is 4.39. The van der Waals surface area contributed by atoms with Gasteiger partial charge in [0.25, 0.3) is 0 Å². The molecule has 0 spiro atoms. The number of hydrogen-bond donors (Lipinski definition) is 3. The summed E-state index contributed by atoms with van der Waals surface area (Å²) in [5.74, 6) is 5.29. The molecule has 114 valence electrons. The number of hydrazine groups is 1. The van der Waals surface area contributed by atoms with E-state index in [1.807, 2.05) is 24.4 Å². The molecule has 0 aliphatic carbocycles. The average molecular weight is 316 g/mol. The maximum Gasteiger partial charge on any atom is 0.416 e. The van der Waals surface area contributed by atoms with Gasteiger partial charge in [-0.05, 0) is 30.0 Å². The number of nitrogens with one attached hydrogen (secondary N) is 2. The quantitative estimate of drug-likeness (QED) is 0.576. The van der Waals surface area contributed by atoms with Gasteiger partial charge in [0.1, 0.15) is 11.6 Å².